The van der Waals surface area contributed by atoms with Crippen LogP contribution in [0, 0.1) is 6.92 Å². The van der Waals surface area contributed by atoms with Crippen molar-refractivity contribution in [3.8, 4) is 0 Å². The average Bonchev–Trinajstić information content (AvgIpc) is 2.58. The van der Waals surface area contributed by atoms with Crippen LogP contribution < -0.4 is 0 Å². The summed E-state index contributed by atoms with van der Waals surface area (Å²) >= 11 is 11.8. The lowest BCUT2D eigenvalue weighted by Crippen LogP contribution is -2.09. The Hall–Kier alpha value is -1.25. The van der Waals surface area contributed by atoms with Gasteiger partial charge in [0.05, 0.1) is 10.7 Å². The molecule has 17 heavy (non-hydrogen) atoms. The molecule has 2 rings (SSSR count). The summed E-state index contributed by atoms with van der Waals surface area (Å²) in [5, 5.41) is 0.901. The van der Waals surface area contributed by atoms with Gasteiger partial charge in [-0.25, -0.2) is 0 Å². The zero-order valence-corrected chi connectivity index (χ0v) is 11.0. The molecule has 2 nitrogen and oxygen atoms in total. The number of carbonyl (C=O) groups excluding carboxylic acids is 1. The highest BCUT2D eigenvalue weighted by Gasteiger charge is 2.17. The van der Waals surface area contributed by atoms with Gasteiger partial charge in [0.2, 0.25) is 5.78 Å². The first-order chi connectivity index (χ1) is 8.00. The maximum Gasteiger partial charge on any atom is 0.211 e. The molecule has 0 unspecified atom stereocenters. The van der Waals surface area contributed by atoms with Gasteiger partial charge in [-0.15, -0.1) is 0 Å². The van der Waals surface area contributed by atoms with Crippen molar-refractivity contribution in [2.75, 3.05) is 0 Å². The third-order valence-electron chi connectivity index (χ3n) is 2.67. The molecule has 0 aliphatic heterocycles. The largest absolute Gasteiger partial charge is 0.348 e. The van der Waals surface area contributed by atoms with Gasteiger partial charge in [-0.3, -0.25) is 4.79 Å². The number of hydrogen-bond donors (Lipinski definition) is 0. The summed E-state index contributed by atoms with van der Waals surface area (Å²) in [6, 6.07) is 6.80. The summed E-state index contributed by atoms with van der Waals surface area (Å²) in [6.45, 7) is 1.90. The van der Waals surface area contributed by atoms with Crippen LogP contribution in [0.15, 0.2) is 30.5 Å². The van der Waals surface area contributed by atoms with Crippen molar-refractivity contribution in [3.05, 3.63) is 57.3 Å². The third kappa shape index (κ3) is 2.24. The number of aromatic nitrogens is 1. The molecule has 88 valence electrons. The summed E-state index contributed by atoms with van der Waals surface area (Å²) in [5.41, 5.74) is 2.05. The Morgan fingerprint density at radius 1 is 1.24 bits per heavy atom. The molecule has 0 aliphatic carbocycles. The molecule has 0 fully saturated rings. The fourth-order valence-corrected chi connectivity index (χ4v) is 2.29. The second-order valence-corrected chi connectivity index (χ2v) is 4.76. The van der Waals surface area contributed by atoms with Crippen molar-refractivity contribution < 1.29 is 4.79 Å². The Morgan fingerprint density at radius 3 is 2.47 bits per heavy atom. The highest BCUT2D eigenvalue weighted by atomic mass is 35.5. The number of nitrogens with zero attached hydrogens (tertiary/aromatic N) is 1. The predicted molar refractivity (Wildman–Crippen MR) is 70.0 cm³/mol. The van der Waals surface area contributed by atoms with Crippen LogP contribution in [-0.2, 0) is 7.05 Å². The first kappa shape index (κ1) is 12.2. The Kier molecular flexibility index (Phi) is 3.27. The van der Waals surface area contributed by atoms with Crippen LogP contribution in [0.5, 0.6) is 0 Å². The second-order valence-electron chi connectivity index (χ2n) is 3.91. The molecule has 0 radical (unpaired) electrons. The molecular formula is C13H11Cl2NO. The van der Waals surface area contributed by atoms with E-state index in [2.05, 4.69) is 0 Å². The van der Waals surface area contributed by atoms with Crippen LogP contribution in [0.2, 0.25) is 10.0 Å². The van der Waals surface area contributed by atoms with Crippen LogP contribution >= 0.6 is 23.2 Å². The molecule has 0 atom stereocenters. The van der Waals surface area contributed by atoms with Crippen molar-refractivity contribution >= 4 is 29.0 Å². The van der Waals surface area contributed by atoms with Gasteiger partial charge in [-0.1, -0.05) is 23.2 Å². The zero-order chi connectivity index (χ0) is 12.6. The summed E-state index contributed by atoms with van der Waals surface area (Å²) in [6.07, 6.45) is 1.85. The van der Waals surface area contributed by atoms with Crippen molar-refractivity contribution in [1.82, 2.24) is 4.57 Å². The SMILES string of the molecule is Cc1ccn(C)c1C(=O)c1ccc(Cl)cc1Cl. The number of rotatable bonds is 2. The topological polar surface area (TPSA) is 22.0 Å². The maximum atomic E-state index is 12.3. The summed E-state index contributed by atoms with van der Waals surface area (Å²) < 4.78 is 1.79. The molecular weight excluding hydrogens is 257 g/mol. The van der Waals surface area contributed by atoms with E-state index in [4.69, 9.17) is 23.2 Å². The van der Waals surface area contributed by atoms with Crippen molar-refractivity contribution in [3.63, 3.8) is 0 Å². The van der Waals surface area contributed by atoms with Gasteiger partial charge < -0.3 is 4.57 Å². The molecule has 2 aromatic rings. The van der Waals surface area contributed by atoms with Crippen LogP contribution in [-0.4, -0.2) is 10.4 Å². The minimum Gasteiger partial charge on any atom is -0.348 e. The third-order valence-corrected chi connectivity index (χ3v) is 3.21. The zero-order valence-electron chi connectivity index (χ0n) is 9.50. The van der Waals surface area contributed by atoms with E-state index in [0.29, 0.717) is 21.3 Å². The van der Waals surface area contributed by atoms with Crippen LogP contribution in [0.25, 0.3) is 0 Å². The molecule has 1 aromatic heterocycles. The van der Waals surface area contributed by atoms with Gasteiger partial charge in [0.25, 0.3) is 0 Å². The lowest BCUT2D eigenvalue weighted by molar-refractivity contribution is 0.103. The summed E-state index contributed by atoms with van der Waals surface area (Å²) in [7, 11) is 1.84. The number of carbonyl (C=O) groups is 1. The predicted octanol–water partition coefficient (Wildman–Crippen LogP) is 3.87. The molecule has 0 spiro atoms. The van der Waals surface area contributed by atoms with Crippen LogP contribution in [0.4, 0.5) is 0 Å². The van der Waals surface area contributed by atoms with Crippen LogP contribution in [0.1, 0.15) is 21.6 Å². The fourth-order valence-electron chi connectivity index (χ4n) is 1.80. The quantitative estimate of drug-likeness (QED) is 0.758. The normalized spacial score (nSPS) is 10.6. The van der Waals surface area contributed by atoms with Gasteiger partial charge in [-0.05, 0) is 36.8 Å². The van der Waals surface area contributed by atoms with E-state index in [9.17, 15) is 4.79 Å². The Morgan fingerprint density at radius 2 is 1.94 bits per heavy atom. The van der Waals surface area contributed by atoms with Crippen molar-refractivity contribution in [2.24, 2.45) is 7.05 Å². The lowest BCUT2D eigenvalue weighted by Gasteiger charge is -2.06. The van der Waals surface area contributed by atoms with Crippen LogP contribution in [0.3, 0.4) is 0 Å². The standard InChI is InChI=1S/C13H11Cl2NO/c1-8-5-6-16(2)12(8)13(17)10-4-3-9(14)7-11(10)15/h3-7H,1-2H3. The molecule has 0 amide bonds. The van der Waals surface area contributed by atoms with Gasteiger partial charge in [0, 0.05) is 23.8 Å². The number of aryl methyl sites for hydroxylation is 2. The Bertz CT molecular complexity index is 568. The number of halogens is 2. The highest BCUT2D eigenvalue weighted by molar-refractivity contribution is 6.37. The van der Waals surface area contributed by atoms with E-state index in [1.54, 1.807) is 22.8 Å². The second kappa shape index (κ2) is 4.55. The summed E-state index contributed by atoms with van der Waals surface area (Å²) in [5.74, 6) is -0.0864. The minimum atomic E-state index is -0.0864. The molecule has 0 saturated carbocycles. The van der Waals surface area contributed by atoms with Crippen molar-refractivity contribution in [1.29, 1.82) is 0 Å². The summed E-state index contributed by atoms with van der Waals surface area (Å²) in [4.78, 5) is 12.3. The first-order valence-corrected chi connectivity index (χ1v) is 5.88. The van der Waals surface area contributed by atoms with E-state index in [0.717, 1.165) is 5.56 Å². The molecule has 0 saturated heterocycles. The highest BCUT2D eigenvalue weighted by Crippen LogP contribution is 2.24. The van der Waals surface area contributed by atoms with Gasteiger partial charge in [-0.2, -0.15) is 0 Å². The Labute approximate surface area is 110 Å². The molecule has 1 aromatic carbocycles. The van der Waals surface area contributed by atoms with Gasteiger partial charge >= 0.3 is 0 Å². The average molecular weight is 268 g/mol. The Balaban J connectivity index is 2.51. The fraction of sp³-hybridized carbons (Fsp3) is 0.154. The maximum absolute atomic E-state index is 12.3. The van der Waals surface area contributed by atoms with E-state index < -0.39 is 0 Å². The van der Waals surface area contributed by atoms with Gasteiger partial charge in [0.1, 0.15) is 0 Å². The number of ketones is 1. The van der Waals surface area contributed by atoms with Gasteiger partial charge in [0.15, 0.2) is 0 Å². The lowest BCUT2D eigenvalue weighted by atomic mass is 10.1. The molecule has 0 bridgehead atoms. The van der Waals surface area contributed by atoms with Crippen molar-refractivity contribution in [2.45, 2.75) is 6.92 Å². The minimum absolute atomic E-state index is 0.0864. The molecule has 0 N–H and O–H groups in total. The van der Waals surface area contributed by atoms with E-state index in [-0.39, 0.29) is 5.78 Å². The first-order valence-electron chi connectivity index (χ1n) is 5.12. The monoisotopic (exact) mass is 267 g/mol. The molecule has 4 heteroatoms. The number of benzene rings is 1. The smallest absolute Gasteiger partial charge is 0.211 e. The number of hydrogen-bond acceptors (Lipinski definition) is 1. The molecule has 1 heterocycles. The van der Waals surface area contributed by atoms with E-state index in [1.807, 2.05) is 26.2 Å². The molecule has 0 aliphatic rings. The van der Waals surface area contributed by atoms with E-state index in [1.165, 1.54) is 0 Å². The van der Waals surface area contributed by atoms with E-state index >= 15 is 0 Å².